The van der Waals surface area contributed by atoms with Crippen LogP contribution in [0.5, 0.6) is 0 Å². The highest BCUT2D eigenvalue weighted by Gasteiger charge is 2.36. The Labute approximate surface area is 159 Å². The lowest BCUT2D eigenvalue weighted by Gasteiger charge is -2.26. The zero-order valence-corrected chi connectivity index (χ0v) is 15.1. The van der Waals surface area contributed by atoms with Crippen molar-refractivity contribution >= 4 is 0 Å². The molecule has 1 atom stereocenters. The highest BCUT2D eigenvalue weighted by molar-refractivity contribution is 5.66. The Kier molecular flexibility index (Phi) is 4.11. The van der Waals surface area contributed by atoms with Gasteiger partial charge in [-0.2, -0.15) is 0 Å². The van der Waals surface area contributed by atoms with E-state index in [1.165, 1.54) is 22.3 Å². The molecule has 3 aromatic carbocycles. The predicted molar refractivity (Wildman–Crippen MR) is 108 cm³/mol. The maximum absolute atomic E-state index is 6.05. The van der Waals surface area contributed by atoms with Crippen molar-refractivity contribution in [2.45, 2.75) is 19.1 Å². The van der Waals surface area contributed by atoms with Crippen LogP contribution in [-0.2, 0) is 13.1 Å². The molecule has 0 N–H and O–H groups in total. The van der Waals surface area contributed by atoms with Gasteiger partial charge in [-0.05, 0) is 11.1 Å². The fraction of sp³-hybridized carbons (Fsp3) is 0.120. The Morgan fingerprint density at radius 1 is 0.778 bits per heavy atom. The molecule has 0 amide bonds. The monoisotopic (exact) mass is 351 g/mol. The first-order valence-electron chi connectivity index (χ1n) is 9.39. The molecule has 0 radical (unpaired) electrons. The van der Waals surface area contributed by atoms with E-state index >= 15 is 0 Å². The van der Waals surface area contributed by atoms with Gasteiger partial charge in [0.2, 0.25) is 0 Å². The number of rotatable bonds is 4. The third-order valence-corrected chi connectivity index (χ3v) is 5.30. The van der Waals surface area contributed by atoms with Gasteiger partial charge in [0.05, 0.1) is 12.3 Å². The summed E-state index contributed by atoms with van der Waals surface area (Å²) < 4.78 is 6.05. The highest BCUT2D eigenvalue weighted by Crippen LogP contribution is 2.45. The number of hydrogen-bond donors (Lipinski definition) is 0. The molecule has 0 aliphatic carbocycles. The minimum absolute atomic E-state index is 0.204. The number of fused-ring (bicyclic) bond motifs is 1. The normalized spacial score (nSPS) is 16.4. The molecular weight excluding hydrogens is 330 g/mol. The average Bonchev–Trinajstić information content (AvgIpc) is 3.29. The van der Waals surface area contributed by atoms with Gasteiger partial charge in [0.25, 0.3) is 0 Å². The van der Waals surface area contributed by atoms with Crippen LogP contribution in [0.15, 0.2) is 102 Å². The molecule has 0 saturated heterocycles. The predicted octanol–water partition coefficient (Wildman–Crippen LogP) is 6.05. The van der Waals surface area contributed by atoms with Crippen molar-refractivity contribution < 1.29 is 4.42 Å². The van der Waals surface area contributed by atoms with Gasteiger partial charge in [0, 0.05) is 29.8 Å². The summed E-state index contributed by atoms with van der Waals surface area (Å²) in [5.74, 6) is 0.995. The van der Waals surface area contributed by atoms with Gasteiger partial charge in [-0.25, -0.2) is 0 Å². The first-order valence-corrected chi connectivity index (χ1v) is 9.39. The average molecular weight is 351 g/mol. The van der Waals surface area contributed by atoms with Gasteiger partial charge in [0.15, 0.2) is 0 Å². The van der Waals surface area contributed by atoms with Crippen LogP contribution in [0.1, 0.15) is 28.3 Å². The van der Waals surface area contributed by atoms with E-state index in [1.807, 2.05) is 12.3 Å². The number of benzene rings is 3. The minimum atomic E-state index is 0.204. The first kappa shape index (κ1) is 16.1. The van der Waals surface area contributed by atoms with E-state index in [9.17, 15) is 0 Å². The summed E-state index contributed by atoms with van der Waals surface area (Å²) in [5.41, 5.74) is 6.38. The molecule has 27 heavy (non-hydrogen) atoms. The number of nitrogens with zero attached hydrogens (tertiary/aromatic N) is 1. The fourth-order valence-corrected chi connectivity index (χ4v) is 4.11. The van der Waals surface area contributed by atoms with Crippen LogP contribution in [0.4, 0.5) is 0 Å². The number of furan rings is 1. The van der Waals surface area contributed by atoms with Crippen LogP contribution in [0, 0.1) is 0 Å². The molecule has 0 bridgehead atoms. The lowest BCUT2D eigenvalue weighted by molar-refractivity contribution is 0.231. The molecule has 1 aliphatic heterocycles. The summed E-state index contributed by atoms with van der Waals surface area (Å²) in [4.78, 5) is 2.54. The van der Waals surface area contributed by atoms with Crippen LogP contribution in [0.2, 0.25) is 0 Å². The smallest absolute Gasteiger partial charge is 0.139 e. The van der Waals surface area contributed by atoms with Crippen LogP contribution in [0.25, 0.3) is 11.3 Å². The topological polar surface area (TPSA) is 16.4 Å². The summed E-state index contributed by atoms with van der Waals surface area (Å²) >= 11 is 0. The summed E-state index contributed by atoms with van der Waals surface area (Å²) in [5, 5.41) is 0. The van der Waals surface area contributed by atoms with Crippen LogP contribution in [-0.4, -0.2) is 4.90 Å². The van der Waals surface area contributed by atoms with Crippen molar-refractivity contribution in [1.29, 1.82) is 0 Å². The van der Waals surface area contributed by atoms with Gasteiger partial charge in [0.1, 0.15) is 5.76 Å². The van der Waals surface area contributed by atoms with Gasteiger partial charge < -0.3 is 4.42 Å². The maximum atomic E-state index is 6.05. The van der Waals surface area contributed by atoms with E-state index in [0.717, 1.165) is 24.4 Å². The molecule has 2 heterocycles. The quantitative estimate of drug-likeness (QED) is 0.445. The Balaban J connectivity index is 1.59. The Morgan fingerprint density at radius 2 is 1.41 bits per heavy atom. The summed E-state index contributed by atoms with van der Waals surface area (Å²) in [7, 11) is 0. The summed E-state index contributed by atoms with van der Waals surface area (Å²) in [6, 6.07) is 32.1. The molecule has 0 saturated carbocycles. The van der Waals surface area contributed by atoms with Gasteiger partial charge >= 0.3 is 0 Å². The Bertz CT molecular complexity index is 1020. The van der Waals surface area contributed by atoms with Crippen molar-refractivity contribution in [3.8, 4) is 11.3 Å². The molecule has 4 aromatic rings. The van der Waals surface area contributed by atoms with Crippen molar-refractivity contribution in [2.75, 3.05) is 0 Å². The van der Waals surface area contributed by atoms with Crippen LogP contribution < -0.4 is 0 Å². The van der Waals surface area contributed by atoms with Gasteiger partial charge in [-0.15, -0.1) is 0 Å². The van der Waals surface area contributed by atoms with E-state index in [4.69, 9.17) is 4.42 Å². The SMILES string of the molecule is c1ccc(CN2Cc3coc(-c4ccccc4)c3C2c2ccccc2)cc1. The first-order chi connectivity index (χ1) is 13.4. The highest BCUT2D eigenvalue weighted by atomic mass is 16.3. The van der Waals surface area contributed by atoms with E-state index in [1.54, 1.807) is 0 Å². The van der Waals surface area contributed by atoms with Crippen molar-refractivity contribution in [3.63, 3.8) is 0 Å². The molecule has 2 nitrogen and oxygen atoms in total. The largest absolute Gasteiger partial charge is 0.464 e. The summed E-state index contributed by atoms with van der Waals surface area (Å²) in [6.45, 7) is 1.82. The van der Waals surface area contributed by atoms with E-state index in [0.29, 0.717) is 0 Å². The fourth-order valence-electron chi connectivity index (χ4n) is 4.11. The molecule has 1 unspecified atom stereocenters. The van der Waals surface area contributed by atoms with Crippen molar-refractivity contribution in [3.05, 3.63) is 120 Å². The van der Waals surface area contributed by atoms with E-state index in [-0.39, 0.29) is 6.04 Å². The second-order valence-corrected chi connectivity index (χ2v) is 7.07. The molecule has 0 spiro atoms. The zero-order valence-electron chi connectivity index (χ0n) is 15.1. The minimum Gasteiger partial charge on any atom is -0.464 e. The number of hydrogen-bond acceptors (Lipinski definition) is 2. The molecule has 2 heteroatoms. The standard InChI is InChI=1S/C25H21NO/c1-4-10-19(11-5-1)16-26-17-22-18-27-25(21-14-8-3-9-15-21)23(22)24(26)20-12-6-2-7-13-20/h1-15,18,24H,16-17H2. The van der Waals surface area contributed by atoms with Crippen molar-refractivity contribution in [1.82, 2.24) is 4.90 Å². The Hall–Kier alpha value is -3.10. The molecule has 132 valence electrons. The van der Waals surface area contributed by atoms with E-state index in [2.05, 4.69) is 89.8 Å². The van der Waals surface area contributed by atoms with E-state index < -0.39 is 0 Å². The second kappa shape index (κ2) is 6.90. The lowest BCUT2D eigenvalue weighted by atomic mass is 9.96. The molecular formula is C25H21NO. The van der Waals surface area contributed by atoms with Gasteiger partial charge in [-0.3, -0.25) is 4.90 Å². The molecule has 5 rings (SSSR count). The second-order valence-electron chi connectivity index (χ2n) is 7.07. The lowest BCUT2D eigenvalue weighted by Crippen LogP contribution is -2.23. The maximum Gasteiger partial charge on any atom is 0.139 e. The molecule has 1 aromatic heterocycles. The van der Waals surface area contributed by atoms with Crippen LogP contribution >= 0.6 is 0 Å². The van der Waals surface area contributed by atoms with Crippen LogP contribution in [0.3, 0.4) is 0 Å². The molecule has 1 aliphatic rings. The zero-order chi connectivity index (χ0) is 18.1. The molecule has 0 fully saturated rings. The Morgan fingerprint density at radius 3 is 2.11 bits per heavy atom. The van der Waals surface area contributed by atoms with Crippen molar-refractivity contribution in [2.24, 2.45) is 0 Å². The summed E-state index contributed by atoms with van der Waals surface area (Å²) in [6.07, 6.45) is 1.94. The third-order valence-electron chi connectivity index (χ3n) is 5.30. The van der Waals surface area contributed by atoms with Gasteiger partial charge in [-0.1, -0.05) is 91.0 Å². The third kappa shape index (κ3) is 2.98.